The van der Waals surface area contributed by atoms with Gasteiger partial charge in [0, 0.05) is 6.54 Å². The summed E-state index contributed by atoms with van der Waals surface area (Å²) >= 11 is 0. The largest absolute Gasteiger partial charge is 0.384 e. The van der Waals surface area contributed by atoms with Crippen molar-refractivity contribution in [3.05, 3.63) is 0 Å². The second-order valence-electron chi connectivity index (χ2n) is 3.74. The molecular formula is C9H16FNO2. The summed E-state index contributed by atoms with van der Waals surface area (Å²) in [5.41, 5.74) is 0. The molecular weight excluding hydrogens is 173 g/mol. The van der Waals surface area contributed by atoms with Crippen LogP contribution in [-0.2, 0) is 4.79 Å². The van der Waals surface area contributed by atoms with E-state index >= 15 is 0 Å². The number of piperidine rings is 1. The standard InChI is InChI=1S/C9H16FNO2/c1-6-3-4-11(5-8(6)10)9(13)7(2)12/h6-8,12H,3-5H2,1-2H3/t6?,7-,8?/m1/s1. The first kappa shape index (κ1) is 10.4. The fourth-order valence-corrected chi connectivity index (χ4v) is 1.49. The van der Waals surface area contributed by atoms with Crippen LogP contribution in [0.4, 0.5) is 4.39 Å². The summed E-state index contributed by atoms with van der Waals surface area (Å²) in [4.78, 5) is 12.7. The van der Waals surface area contributed by atoms with Gasteiger partial charge >= 0.3 is 0 Å². The van der Waals surface area contributed by atoms with Crippen molar-refractivity contribution in [2.24, 2.45) is 5.92 Å². The minimum atomic E-state index is -1.01. The average molecular weight is 189 g/mol. The van der Waals surface area contributed by atoms with Crippen LogP contribution >= 0.6 is 0 Å². The van der Waals surface area contributed by atoms with Gasteiger partial charge in [0.15, 0.2) is 0 Å². The smallest absolute Gasteiger partial charge is 0.251 e. The lowest BCUT2D eigenvalue weighted by Gasteiger charge is -2.33. The molecule has 1 aliphatic rings. The molecule has 0 aromatic rings. The van der Waals surface area contributed by atoms with Gasteiger partial charge in [-0.25, -0.2) is 4.39 Å². The molecule has 0 saturated carbocycles. The first-order valence-electron chi connectivity index (χ1n) is 4.63. The molecule has 2 unspecified atom stereocenters. The van der Waals surface area contributed by atoms with Crippen LogP contribution in [-0.4, -0.2) is 41.3 Å². The van der Waals surface area contributed by atoms with Gasteiger partial charge in [-0.05, 0) is 19.3 Å². The number of halogens is 1. The van der Waals surface area contributed by atoms with Crippen molar-refractivity contribution in [3.8, 4) is 0 Å². The van der Waals surface area contributed by atoms with Crippen molar-refractivity contribution in [1.29, 1.82) is 0 Å². The van der Waals surface area contributed by atoms with Crippen molar-refractivity contribution in [2.75, 3.05) is 13.1 Å². The van der Waals surface area contributed by atoms with Gasteiger partial charge in [-0.2, -0.15) is 0 Å². The molecule has 76 valence electrons. The number of carbonyl (C=O) groups excluding carboxylic acids is 1. The predicted molar refractivity (Wildman–Crippen MR) is 46.9 cm³/mol. The molecule has 1 amide bonds. The Kier molecular flexibility index (Phi) is 3.25. The molecule has 1 rings (SSSR count). The first-order valence-corrected chi connectivity index (χ1v) is 4.63. The van der Waals surface area contributed by atoms with E-state index in [9.17, 15) is 9.18 Å². The fourth-order valence-electron chi connectivity index (χ4n) is 1.49. The van der Waals surface area contributed by atoms with Gasteiger partial charge in [0.2, 0.25) is 0 Å². The van der Waals surface area contributed by atoms with E-state index < -0.39 is 12.3 Å². The van der Waals surface area contributed by atoms with Crippen molar-refractivity contribution in [2.45, 2.75) is 32.5 Å². The summed E-state index contributed by atoms with van der Waals surface area (Å²) in [5.74, 6) is -0.340. The number of alkyl halides is 1. The van der Waals surface area contributed by atoms with E-state index in [-0.39, 0.29) is 18.4 Å². The number of nitrogens with zero attached hydrogens (tertiary/aromatic N) is 1. The van der Waals surface area contributed by atoms with E-state index in [1.54, 1.807) is 0 Å². The first-order chi connectivity index (χ1) is 6.02. The summed E-state index contributed by atoms with van der Waals surface area (Å²) in [6, 6.07) is 0. The Bertz CT molecular complexity index is 196. The molecule has 1 aliphatic heterocycles. The number of hydrogen-bond acceptors (Lipinski definition) is 2. The lowest BCUT2D eigenvalue weighted by Crippen LogP contribution is -2.47. The van der Waals surface area contributed by atoms with Crippen LogP contribution in [0.5, 0.6) is 0 Å². The zero-order valence-corrected chi connectivity index (χ0v) is 8.03. The monoisotopic (exact) mass is 189 g/mol. The van der Waals surface area contributed by atoms with Crippen LogP contribution in [0.25, 0.3) is 0 Å². The number of rotatable bonds is 1. The molecule has 3 atom stereocenters. The van der Waals surface area contributed by atoms with Crippen LogP contribution < -0.4 is 0 Å². The van der Waals surface area contributed by atoms with Crippen LogP contribution in [0, 0.1) is 5.92 Å². The Morgan fingerprint density at radius 1 is 1.69 bits per heavy atom. The van der Waals surface area contributed by atoms with Crippen molar-refractivity contribution < 1.29 is 14.3 Å². The van der Waals surface area contributed by atoms with Crippen LogP contribution in [0.2, 0.25) is 0 Å². The third-order valence-electron chi connectivity index (χ3n) is 2.54. The number of carbonyl (C=O) groups is 1. The van der Waals surface area contributed by atoms with Gasteiger partial charge in [-0.1, -0.05) is 6.92 Å². The molecule has 1 fully saturated rings. The highest BCUT2D eigenvalue weighted by atomic mass is 19.1. The van der Waals surface area contributed by atoms with E-state index in [0.29, 0.717) is 13.0 Å². The van der Waals surface area contributed by atoms with Crippen molar-refractivity contribution in [3.63, 3.8) is 0 Å². The minimum Gasteiger partial charge on any atom is -0.384 e. The van der Waals surface area contributed by atoms with Crippen molar-refractivity contribution >= 4 is 5.91 Å². The zero-order valence-electron chi connectivity index (χ0n) is 8.03. The molecule has 0 spiro atoms. The average Bonchev–Trinajstić information content (AvgIpc) is 2.08. The number of likely N-dealkylation sites (tertiary alicyclic amines) is 1. The molecule has 1 heterocycles. The quantitative estimate of drug-likeness (QED) is 0.655. The molecule has 0 bridgehead atoms. The SMILES string of the molecule is CC1CCN(C(=O)[C@@H](C)O)CC1F. The summed E-state index contributed by atoms with van der Waals surface area (Å²) in [6.07, 6.45) is -1.28. The lowest BCUT2D eigenvalue weighted by molar-refractivity contribution is -0.142. The van der Waals surface area contributed by atoms with Crippen LogP contribution in [0.3, 0.4) is 0 Å². The second kappa shape index (κ2) is 4.05. The number of hydrogen-bond donors (Lipinski definition) is 1. The lowest BCUT2D eigenvalue weighted by atomic mass is 9.97. The molecule has 0 aromatic carbocycles. The molecule has 0 radical (unpaired) electrons. The fraction of sp³-hybridized carbons (Fsp3) is 0.889. The third-order valence-corrected chi connectivity index (χ3v) is 2.54. The van der Waals surface area contributed by atoms with Gasteiger partial charge in [-0.3, -0.25) is 4.79 Å². The van der Waals surface area contributed by atoms with Gasteiger partial charge in [0.05, 0.1) is 6.54 Å². The van der Waals surface area contributed by atoms with Gasteiger partial charge < -0.3 is 10.0 Å². The van der Waals surface area contributed by atoms with Crippen molar-refractivity contribution in [1.82, 2.24) is 4.90 Å². The highest BCUT2D eigenvalue weighted by Gasteiger charge is 2.29. The highest BCUT2D eigenvalue weighted by Crippen LogP contribution is 2.20. The van der Waals surface area contributed by atoms with E-state index in [1.807, 2.05) is 6.92 Å². The highest BCUT2D eigenvalue weighted by molar-refractivity contribution is 5.80. The summed E-state index contributed by atoms with van der Waals surface area (Å²) in [7, 11) is 0. The molecule has 0 aromatic heterocycles. The zero-order chi connectivity index (χ0) is 10.0. The number of aliphatic hydroxyl groups excluding tert-OH is 1. The molecule has 1 saturated heterocycles. The number of aliphatic hydroxyl groups is 1. The van der Waals surface area contributed by atoms with E-state index in [2.05, 4.69) is 0 Å². The maximum atomic E-state index is 13.2. The Morgan fingerprint density at radius 2 is 2.31 bits per heavy atom. The minimum absolute atomic E-state index is 0.0260. The van der Waals surface area contributed by atoms with E-state index in [4.69, 9.17) is 5.11 Å². The molecule has 13 heavy (non-hydrogen) atoms. The molecule has 3 nitrogen and oxygen atoms in total. The predicted octanol–water partition coefficient (Wildman–Crippen LogP) is 0.574. The summed E-state index contributed by atoms with van der Waals surface area (Å²) < 4.78 is 13.2. The maximum Gasteiger partial charge on any atom is 0.251 e. The van der Waals surface area contributed by atoms with Gasteiger partial charge in [0.1, 0.15) is 12.3 Å². The summed E-state index contributed by atoms with van der Waals surface area (Å²) in [6.45, 7) is 3.94. The Balaban J connectivity index is 2.50. The molecule has 4 heteroatoms. The third kappa shape index (κ3) is 2.40. The topological polar surface area (TPSA) is 40.5 Å². The Hall–Kier alpha value is -0.640. The Morgan fingerprint density at radius 3 is 2.77 bits per heavy atom. The second-order valence-corrected chi connectivity index (χ2v) is 3.74. The summed E-state index contributed by atoms with van der Waals surface area (Å²) in [5, 5.41) is 9.01. The molecule has 1 N–H and O–H groups in total. The normalized spacial score (nSPS) is 31.5. The van der Waals surface area contributed by atoms with Gasteiger partial charge in [0.25, 0.3) is 5.91 Å². The van der Waals surface area contributed by atoms with Gasteiger partial charge in [-0.15, -0.1) is 0 Å². The maximum absolute atomic E-state index is 13.2. The Labute approximate surface area is 77.5 Å². The van der Waals surface area contributed by atoms with E-state index in [1.165, 1.54) is 11.8 Å². The number of amides is 1. The van der Waals surface area contributed by atoms with E-state index in [0.717, 1.165) is 0 Å². The van der Waals surface area contributed by atoms with Crippen LogP contribution in [0.15, 0.2) is 0 Å². The van der Waals surface area contributed by atoms with Crippen LogP contribution in [0.1, 0.15) is 20.3 Å². The molecule has 0 aliphatic carbocycles.